The van der Waals surface area contributed by atoms with Gasteiger partial charge in [0.1, 0.15) is 11.5 Å². The van der Waals surface area contributed by atoms with E-state index >= 15 is 0 Å². The number of non-ortho nitro benzene ring substituents is 1. The van der Waals surface area contributed by atoms with Crippen molar-refractivity contribution in [3.63, 3.8) is 0 Å². The molecular weight excluding hydrogens is 260 g/mol. The Kier molecular flexibility index (Phi) is 4.05. The van der Waals surface area contributed by atoms with Crippen LogP contribution in [-0.4, -0.2) is 19.1 Å². The van der Waals surface area contributed by atoms with Gasteiger partial charge in [0.25, 0.3) is 5.69 Å². The average molecular weight is 274 g/mol. The lowest BCUT2D eigenvalue weighted by Gasteiger charge is -2.12. The Morgan fingerprint density at radius 3 is 2.30 bits per heavy atom. The highest BCUT2D eigenvalue weighted by atomic mass is 16.6. The number of benzene rings is 2. The highest BCUT2D eigenvalue weighted by Crippen LogP contribution is 2.31. The Balaban J connectivity index is 2.23. The van der Waals surface area contributed by atoms with Crippen molar-refractivity contribution in [3.05, 3.63) is 52.6 Å². The summed E-state index contributed by atoms with van der Waals surface area (Å²) < 4.78 is 10.4. The lowest BCUT2D eigenvalue weighted by atomic mass is 10.2. The van der Waals surface area contributed by atoms with Crippen molar-refractivity contribution >= 4 is 17.1 Å². The molecule has 0 spiro atoms. The van der Waals surface area contributed by atoms with E-state index in [9.17, 15) is 10.1 Å². The SMILES string of the molecule is COc1ccc(Nc2ccc([N+](=O)[O-])cc2)c(OC)c1. The van der Waals surface area contributed by atoms with E-state index in [1.165, 1.54) is 12.1 Å². The van der Waals surface area contributed by atoms with E-state index in [4.69, 9.17) is 9.47 Å². The number of nitrogens with zero attached hydrogens (tertiary/aromatic N) is 1. The van der Waals surface area contributed by atoms with Gasteiger partial charge in [-0.2, -0.15) is 0 Å². The lowest BCUT2D eigenvalue weighted by Crippen LogP contribution is -1.96. The second-order valence-corrected chi connectivity index (χ2v) is 4.00. The van der Waals surface area contributed by atoms with Crippen molar-refractivity contribution in [3.8, 4) is 11.5 Å². The summed E-state index contributed by atoms with van der Waals surface area (Å²) in [4.78, 5) is 10.2. The first-order valence-electron chi connectivity index (χ1n) is 5.87. The highest BCUT2D eigenvalue weighted by molar-refractivity contribution is 5.68. The first kappa shape index (κ1) is 13.7. The number of nitro benzene ring substituents is 1. The van der Waals surface area contributed by atoms with Crippen LogP contribution in [0.2, 0.25) is 0 Å². The molecule has 0 amide bonds. The topological polar surface area (TPSA) is 73.6 Å². The van der Waals surface area contributed by atoms with Crippen LogP contribution < -0.4 is 14.8 Å². The van der Waals surface area contributed by atoms with E-state index in [2.05, 4.69) is 5.32 Å². The van der Waals surface area contributed by atoms with E-state index in [0.29, 0.717) is 11.5 Å². The first-order valence-corrected chi connectivity index (χ1v) is 5.87. The number of nitrogens with one attached hydrogen (secondary N) is 1. The van der Waals surface area contributed by atoms with Gasteiger partial charge in [-0.15, -0.1) is 0 Å². The molecular formula is C14H14N2O4. The molecule has 6 nitrogen and oxygen atoms in total. The molecule has 6 heteroatoms. The van der Waals surface area contributed by atoms with Gasteiger partial charge in [0.05, 0.1) is 24.8 Å². The summed E-state index contributed by atoms with van der Waals surface area (Å²) in [5.74, 6) is 1.32. The second-order valence-electron chi connectivity index (χ2n) is 4.00. The molecule has 0 atom stereocenters. The molecule has 104 valence electrons. The first-order chi connectivity index (χ1) is 9.63. The lowest BCUT2D eigenvalue weighted by molar-refractivity contribution is -0.384. The number of anilines is 2. The summed E-state index contributed by atoms with van der Waals surface area (Å²) in [5, 5.41) is 13.7. The highest BCUT2D eigenvalue weighted by Gasteiger charge is 2.07. The fourth-order valence-electron chi connectivity index (χ4n) is 1.72. The molecule has 2 aromatic carbocycles. The number of hydrogen-bond acceptors (Lipinski definition) is 5. The minimum atomic E-state index is -0.433. The summed E-state index contributed by atoms with van der Waals surface area (Å²) in [6.07, 6.45) is 0. The Hall–Kier alpha value is -2.76. The molecule has 1 N–H and O–H groups in total. The fourth-order valence-corrected chi connectivity index (χ4v) is 1.72. The van der Waals surface area contributed by atoms with Crippen LogP contribution in [0.15, 0.2) is 42.5 Å². The Morgan fingerprint density at radius 1 is 1.05 bits per heavy atom. The van der Waals surface area contributed by atoms with Crippen LogP contribution in [-0.2, 0) is 0 Å². The van der Waals surface area contributed by atoms with Crippen LogP contribution in [0.4, 0.5) is 17.1 Å². The normalized spacial score (nSPS) is 9.90. The molecule has 0 aliphatic carbocycles. The van der Waals surface area contributed by atoms with Crippen molar-refractivity contribution in [2.45, 2.75) is 0 Å². The smallest absolute Gasteiger partial charge is 0.269 e. The van der Waals surface area contributed by atoms with Gasteiger partial charge < -0.3 is 14.8 Å². The van der Waals surface area contributed by atoms with Crippen LogP contribution in [0.5, 0.6) is 11.5 Å². The molecule has 0 fully saturated rings. The third kappa shape index (κ3) is 2.97. The molecule has 0 aromatic heterocycles. The predicted octanol–water partition coefficient (Wildman–Crippen LogP) is 3.36. The quantitative estimate of drug-likeness (QED) is 0.668. The van der Waals surface area contributed by atoms with Crippen LogP contribution in [0.3, 0.4) is 0 Å². The van der Waals surface area contributed by atoms with Gasteiger partial charge in [0.2, 0.25) is 0 Å². The number of methoxy groups -OCH3 is 2. The van der Waals surface area contributed by atoms with Gasteiger partial charge >= 0.3 is 0 Å². The van der Waals surface area contributed by atoms with Gasteiger partial charge in [-0.3, -0.25) is 10.1 Å². The van der Waals surface area contributed by atoms with E-state index < -0.39 is 4.92 Å². The van der Waals surface area contributed by atoms with Crippen molar-refractivity contribution < 1.29 is 14.4 Å². The zero-order chi connectivity index (χ0) is 14.5. The standard InChI is InChI=1S/C14H14N2O4/c1-19-12-7-8-13(14(9-12)20-2)15-10-3-5-11(6-4-10)16(17)18/h3-9,15H,1-2H3. The maximum atomic E-state index is 10.6. The zero-order valence-electron chi connectivity index (χ0n) is 11.1. The van der Waals surface area contributed by atoms with Crippen molar-refractivity contribution in [1.29, 1.82) is 0 Å². The van der Waals surface area contributed by atoms with Crippen molar-refractivity contribution in [2.75, 3.05) is 19.5 Å². The maximum Gasteiger partial charge on any atom is 0.269 e. The third-order valence-electron chi connectivity index (χ3n) is 2.77. The maximum absolute atomic E-state index is 10.6. The van der Waals surface area contributed by atoms with Crippen molar-refractivity contribution in [1.82, 2.24) is 0 Å². The number of nitro groups is 1. The second kappa shape index (κ2) is 5.92. The molecule has 0 heterocycles. The minimum Gasteiger partial charge on any atom is -0.497 e. The monoisotopic (exact) mass is 274 g/mol. The van der Waals surface area contributed by atoms with Gasteiger partial charge in [0.15, 0.2) is 0 Å². The molecule has 0 aliphatic rings. The molecule has 2 aromatic rings. The molecule has 0 radical (unpaired) electrons. The summed E-state index contributed by atoms with van der Waals surface area (Å²) in [6, 6.07) is 11.5. The van der Waals surface area contributed by atoms with Gasteiger partial charge in [-0.1, -0.05) is 0 Å². The molecule has 0 saturated carbocycles. The molecule has 0 aliphatic heterocycles. The van der Waals surface area contributed by atoms with Crippen LogP contribution in [0.25, 0.3) is 0 Å². The van der Waals surface area contributed by atoms with Gasteiger partial charge in [-0.25, -0.2) is 0 Å². The summed E-state index contributed by atoms with van der Waals surface area (Å²) in [7, 11) is 3.15. The van der Waals surface area contributed by atoms with E-state index in [1.54, 1.807) is 38.5 Å². The number of hydrogen-bond donors (Lipinski definition) is 1. The van der Waals surface area contributed by atoms with Crippen LogP contribution in [0.1, 0.15) is 0 Å². The van der Waals surface area contributed by atoms with E-state index in [-0.39, 0.29) is 5.69 Å². The predicted molar refractivity (Wildman–Crippen MR) is 75.9 cm³/mol. The summed E-state index contributed by atoms with van der Waals surface area (Å²) >= 11 is 0. The van der Waals surface area contributed by atoms with Crippen molar-refractivity contribution in [2.24, 2.45) is 0 Å². The third-order valence-corrected chi connectivity index (χ3v) is 2.77. The van der Waals surface area contributed by atoms with Gasteiger partial charge in [0, 0.05) is 23.9 Å². The fraction of sp³-hybridized carbons (Fsp3) is 0.143. The van der Waals surface area contributed by atoms with E-state index in [1.807, 2.05) is 6.07 Å². The minimum absolute atomic E-state index is 0.0530. The van der Waals surface area contributed by atoms with E-state index in [0.717, 1.165) is 11.4 Å². The Bertz CT molecular complexity index is 611. The van der Waals surface area contributed by atoms with Crippen LogP contribution >= 0.6 is 0 Å². The molecule has 0 unspecified atom stereocenters. The molecule has 0 bridgehead atoms. The molecule has 2 rings (SSSR count). The molecule has 20 heavy (non-hydrogen) atoms. The van der Waals surface area contributed by atoms with Gasteiger partial charge in [-0.05, 0) is 24.3 Å². The number of ether oxygens (including phenoxy) is 2. The molecule has 0 saturated heterocycles. The average Bonchev–Trinajstić information content (AvgIpc) is 2.48. The summed E-state index contributed by atoms with van der Waals surface area (Å²) in [5.41, 5.74) is 1.54. The Labute approximate surface area is 116 Å². The zero-order valence-corrected chi connectivity index (χ0v) is 11.1. The summed E-state index contributed by atoms with van der Waals surface area (Å²) in [6.45, 7) is 0. The Morgan fingerprint density at radius 2 is 1.75 bits per heavy atom. The van der Waals surface area contributed by atoms with Crippen LogP contribution in [0, 0.1) is 10.1 Å². The largest absolute Gasteiger partial charge is 0.497 e. The number of rotatable bonds is 5.